The van der Waals surface area contributed by atoms with E-state index in [-0.39, 0.29) is 113 Å². The summed E-state index contributed by atoms with van der Waals surface area (Å²) in [6.07, 6.45) is 7.02. The van der Waals surface area contributed by atoms with E-state index in [1.54, 1.807) is 104 Å². The van der Waals surface area contributed by atoms with Crippen LogP contribution in [0.25, 0.3) is 0 Å². The zero-order chi connectivity index (χ0) is 106. The number of ether oxygens (including phenoxy) is 5. The van der Waals surface area contributed by atoms with Crippen molar-refractivity contribution in [3.05, 3.63) is 436 Å². The van der Waals surface area contributed by atoms with Crippen molar-refractivity contribution in [2.75, 3.05) is 26.4 Å². The van der Waals surface area contributed by atoms with Crippen LogP contribution in [-0.4, -0.2) is 91.7 Å². The Balaban J connectivity index is -0.000000228. The van der Waals surface area contributed by atoms with E-state index in [0.29, 0.717) is 48.2 Å². The van der Waals surface area contributed by atoms with Crippen molar-refractivity contribution in [2.24, 2.45) is 16.7 Å². The molecule has 784 valence electrons. The first-order valence-electron chi connectivity index (χ1n) is 48.2. The van der Waals surface area contributed by atoms with E-state index in [2.05, 4.69) is 172 Å². The zero-order valence-electron chi connectivity index (χ0n) is 90.4. The Hall–Kier alpha value is -9.75. The van der Waals surface area contributed by atoms with Gasteiger partial charge in [-0.25, -0.2) is 0 Å². The van der Waals surface area contributed by atoms with Crippen LogP contribution in [0.4, 0.5) is 0 Å². The summed E-state index contributed by atoms with van der Waals surface area (Å²) in [7, 11) is 2.29. The monoisotopic (exact) mass is 2170 g/mol. The number of phenols is 4. The summed E-state index contributed by atoms with van der Waals surface area (Å²) < 4.78 is 41.3. The predicted octanol–water partition coefficient (Wildman–Crippen LogP) is 33.1. The van der Waals surface area contributed by atoms with E-state index in [1.807, 2.05) is 317 Å². The van der Waals surface area contributed by atoms with Crippen LogP contribution in [0, 0.1) is 54.9 Å². The molecule has 7 unspecified atom stereocenters. The molecule has 15 nitrogen and oxygen atoms in total. The Morgan fingerprint density at radius 2 is 0.583 bits per heavy atom. The third kappa shape index (κ3) is 114. The molecule has 1 saturated heterocycles. The van der Waals surface area contributed by atoms with Crippen molar-refractivity contribution in [1.82, 2.24) is 0 Å². The number of aryl methyl sites for hydroxylation is 2. The predicted molar refractivity (Wildman–Crippen MR) is 612 cm³/mol. The van der Waals surface area contributed by atoms with Gasteiger partial charge in [0.2, 0.25) is 0 Å². The number of epoxide rings is 1. The normalized spacial score (nSPS) is 10.7. The number of rotatable bonds is 14. The Kier molecular flexibility index (Phi) is 113. The molecule has 0 spiro atoms. The van der Waals surface area contributed by atoms with Crippen molar-refractivity contribution in [1.29, 1.82) is 0 Å². The summed E-state index contributed by atoms with van der Waals surface area (Å²) in [6.45, 7) is 49.3. The number of phenolic OH excluding ortho intramolecular Hbond substituents is 4. The van der Waals surface area contributed by atoms with Gasteiger partial charge in [-0.05, 0) is 172 Å². The summed E-state index contributed by atoms with van der Waals surface area (Å²) in [5, 5.41) is 70.5. The molecule has 7 atom stereocenters. The van der Waals surface area contributed by atoms with Crippen LogP contribution in [0.15, 0.2) is 400 Å². The van der Waals surface area contributed by atoms with E-state index in [9.17, 15) is 4.57 Å². The minimum absolute atomic E-state index is 0. The number of hydrogen-bond donors (Lipinski definition) is 8. The second kappa shape index (κ2) is 109. The van der Waals surface area contributed by atoms with Gasteiger partial charge in [-0.1, -0.05) is 346 Å². The fourth-order valence-electron chi connectivity index (χ4n) is 8.53. The maximum Gasteiger partial charge on any atom is 0.192 e. The first-order chi connectivity index (χ1) is 67.6. The van der Waals surface area contributed by atoms with Gasteiger partial charge in [0.05, 0.1) is 41.0 Å². The molecule has 0 amide bonds. The molecule has 1 aliphatic rings. The topological polar surface area (TPSA) is 238 Å². The van der Waals surface area contributed by atoms with Gasteiger partial charge in [0.25, 0.3) is 0 Å². The average Bonchev–Trinajstić information content (AvgIpc) is 0.973. The van der Waals surface area contributed by atoms with Gasteiger partial charge in [-0.2, -0.15) is 118 Å². The number of benzene rings is 14. The summed E-state index contributed by atoms with van der Waals surface area (Å²) in [6, 6.07) is 134. The third-order valence-corrected chi connectivity index (χ3v) is 16.4. The number of aliphatic hydroxyl groups is 4. The maximum atomic E-state index is 10.1. The van der Waals surface area contributed by atoms with E-state index in [4.69, 9.17) is 69.1 Å². The molecule has 0 bridgehead atoms. The molecule has 8 N–H and O–H groups in total. The summed E-state index contributed by atoms with van der Waals surface area (Å²) in [5.74, 6) is 7.55. The molecule has 15 rings (SSSR count). The van der Waals surface area contributed by atoms with E-state index < -0.39 is 6.10 Å². The van der Waals surface area contributed by atoms with Crippen molar-refractivity contribution < 1.29 is 139 Å². The Bertz CT molecular complexity index is 4320. The number of aromatic hydroxyl groups is 4. The van der Waals surface area contributed by atoms with Crippen LogP contribution in [0.3, 0.4) is 0 Å². The van der Waals surface area contributed by atoms with Crippen molar-refractivity contribution in [2.45, 2.75) is 222 Å². The third-order valence-electron chi connectivity index (χ3n) is 15.6. The smallest absolute Gasteiger partial charge is 0.192 e. The van der Waals surface area contributed by atoms with E-state index in [1.165, 1.54) is 43.2 Å². The van der Waals surface area contributed by atoms with Crippen LogP contribution in [0.2, 0.25) is 0 Å². The van der Waals surface area contributed by atoms with Crippen LogP contribution >= 0.6 is 27.8 Å². The van der Waals surface area contributed by atoms with Crippen molar-refractivity contribution in [3.63, 3.8) is 0 Å². The Morgan fingerprint density at radius 3 is 0.736 bits per heavy atom. The van der Waals surface area contributed by atoms with Gasteiger partial charge in [-0.15, -0.1) is 24.3 Å². The largest absolute Gasteiger partial charge is 0.508 e. The molecule has 14 aromatic carbocycles. The number of aliphatic hydroxyl groups excluding tert-OH is 4. The molecule has 20 heteroatoms. The minimum Gasteiger partial charge on any atom is -0.508 e. The fourth-order valence-corrected chi connectivity index (χ4v) is 8.98. The molecule has 0 aliphatic carbocycles. The Morgan fingerprint density at radius 1 is 0.361 bits per heavy atom. The zero-order valence-corrected chi connectivity index (χ0v) is 99.5. The van der Waals surface area contributed by atoms with Gasteiger partial charge in [0, 0.05) is 88.8 Å². The fraction of sp³-hybridized carbons (Fsp3) is 0.323. The molecule has 144 heavy (non-hydrogen) atoms. The van der Waals surface area contributed by atoms with Gasteiger partial charge in [0.1, 0.15) is 64.5 Å². The van der Waals surface area contributed by atoms with E-state index >= 15 is 0 Å². The van der Waals surface area contributed by atoms with E-state index in [0.717, 1.165) is 58.6 Å². The molecule has 1 fully saturated rings. The van der Waals surface area contributed by atoms with Crippen molar-refractivity contribution >= 4 is 33.1 Å². The van der Waals surface area contributed by atoms with Gasteiger partial charge < -0.3 is 69.1 Å². The molecule has 0 saturated carbocycles. The first kappa shape index (κ1) is 150. The van der Waals surface area contributed by atoms with Gasteiger partial charge >= 0.3 is 0 Å². The summed E-state index contributed by atoms with van der Waals surface area (Å²) in [5.41, 5.74) is 3.11. The summed E-state index contributed by atoms with van der Waals surface area (Å²) >= 11 is 0. The second-order valence-corrected chi connectivity index (χ2v) is 34.2. The van der Waals surface area contributed by atoms with Gasteiger partial charge in [0.15, 0.2) is 8.46 Å². The van der Waals surface area contributed by atoms with Crippen LogP contribution in [0.5, 0.6) is 63.2 Å². The molecule has 14 aromatic rings. The molecular weight excluding hydrogens is 2000 g/mol. The van der Waals surface area contributed by atoms with Crippen LogP contribution < -0.4 is 28.8 Å². The maximum absolute atomic E-state index is 10.1. The Labute approximate surface area is 928 Å². The SMILES string of the molecule is CC(CO)C(C)(C)C.CC(CO)Oc1ccccc1.CC(O)CC(C)(C)C.CC(O)COc1ccccc1.CC1CO1.CCC.CCC.CCC.CCC.CCC.Cc1cc[c-]cc1.Cc1cc[c-]cc1.O=Pc1ccccc1.Oc1ccccc1.Oc1ccccc1.Oc1ccccc1.Oc1ccccc1.P.POc1ccccc1.[Y].[Y].[c-]1ccc(Oc2ccccc2)cc1.[c-]1ccc(Oc2ccccc2)cc1. The van der Waals surface area contributed by atoms with Crippen molar-refractivity contribution in [3.8, 4) is 63.2 Å². The summed E-state index contributed by atoms with van der Waals surface area (Å²) in [4.78, 5) is 0. The van der Waals surface area contributed by atoms with Crippen LogP contribution in [0.1, 0.15) is 195 Å². The molecule has 1 heterocycles. The molecule has 1 aliphatic heterocycles. The second-order valence-electron chi connectivity index (χ2n) is 33.3. The molecule has 2 radical (unpaired) electrons. The minimum atomic E-state index is -0.407. The van der Waals surface area contributed by atoms with Gasteiger partial charge in [-0.3, -0.25) is 4.57 Å². The number of para-hydroxylation sites is 9. The standard InChI is InChI=1S/2C12H9O.2C9H12O2.2C7H16O.2C7H7.C6H5OP.C6H7OP.4C6H6O.C3H6O.5C3H8.H3P.2Y/c2*1-3-7-11(8-4-1)13-12-9-5-2-6-10-12;1-8(10)7-11-9-5-3-2-4-6-9;1-8(7-10)11-9-5-3-2-4-6-9;1-6(5-8)7(2,3)4;1-6(8)5-7(2,3)4;2*1-7-5-3-2-4-6-7;7-8-6-4-2-1-3-5-6;8-7-6-4-2-1-3-5-6;4*7-6-4-2-1-3-5-6;1-3-2-4-3;5*1-3-2;;;/h2*1,3-10H;2*2-6,8,10H,7H2,1H3;2*6,8H,5H2,1-4H3;2*3-6H,1H3;1-5H;1-5H,8H2;4*1-5,7H;3H,2H2,1H3;5*3H2,1-2H3;1H3;;/q2*-1;;;;;2*-1;;;;;;;;;;;;;;;. The molecule has 0 aromatic heterocycles. The molecular formula is C124H173O15P3Y2-4. The quantitative estimate of drug-likeness (QED) is 0.0287. The first-order valence-corrected chi connectivity index (χ1v) is 49.5. The number of hydrogen-bond acceptors (Lipinski definition) is 15. The average molecular weight is 2170 g/mol. The van der Waals surface area contributed by atoms with Crippen LogP contribution in [-0.2, 0) is 74.7 Å².